The van der Waals surface area contributed by atoms with Crippen molar-refractivity contribution >= 4 is 5.97 Å². The van der Waals surface area contributed by atoms with E-state index in [2.05, 4.69) is 6.58 Å². The summed E-state index contributed by atoms with van der Waals surface area (Å²) in [4.78, 5) is 10.1. The molecule has 0 saturated carbocycles. The molecule has 0 amide bonds. The normalized spacial score (nSPS) is 8.62. The molecule has 13 heavy (non-hydrogen) atoms. The fourth-order valence-corrected chi connectivity index (χ4v) is 0.731. The number of carboxylic acids is 1. The molecule has 0 aliphatic heterocycles. The Morgan fingerprint density at radius 2 is 1.92 bits per heavy atom. The molecule has 0 aliphatic rings. The van der Waals surface area contributed by atoms with Crippen LogP contribution >= 0.6 is 0 Å². The standard InChI is InChI=1S/C9H14O2.2H2O/c1-2-3-4-5-6-7-8-9(10)11;;/h2-4H,1,5-8H2,(H,10,11);2*1H2. The van der Waals surface area contributed by atoms with Crippen molar-refractivity contribution < 1.29 is 20.9 Å². The van der Waals surface area contributed by atoms with E-state index in [-0.39, 0.29) is 17.4 Å². The molecule has 4 nitrogen and oxygen atoms in total. The fourth-order valence-electron chi connectivity index (χ4n) is 0.731. The molecule has 0 saturated heterocycles. The van der Waals surface area contributed by atoms with Gasteiger partial charge in [0.05, 0.1) is 0 Å². The van der Waals surface area contributed by atoms with E-state index >= 15 is 0 Å². The van der Waals surface area contributed by atoms with Gasteiger partial charge in [0.15, 0.2) is 0 Å². The zero-order chi connectivity index (χ0) is 8.53. The van der Waals surface area contributed by atoms with E-state index in [0.29, 0.717) is 0 Å². The second-order valence-electron chi connectivity index (χ2n) is 2.30. The van der Waals surface area contributed by atoms with Crippen LogP contribution in [0.3, 0.4) is 0 Å². The van der Waals surface area contributed by atoms with Crippen LogP contribution in [-0.4, -0.2) is 22.0 Å². The maximum atomic E-state index is 10.1. The lowest BCUT2D eigenvalue weighted by molar-refractivity contribution is -0.137. The van der Waals surface area contributed by atoms with Gasteiger partial charge in [-0.2, -0.15) is 0 Å². The van der Waals surface area contributed by atoms with E-state index in [0.717, 1.165) is 19.3 Å². The summed E-state index contributed by atoms with van der Waals surface area (Å²) in [5.41, 5.74) is 0. The lowest BCUT2D eigenvalue weighted by Crippen LogP contribution is -1.92. The molecule has 78 valence electrons. The summed E-state index contributed by atoms with van der Waals surface area (Å²) in [6.45, 7) is 3.53. The predicted octanol–water partition coefficient (Wildman–Crippen LogP) is 0.724. The molecule has 0 atom stereocenters. The highest BCUT2D eigenvalue weighted by molar-refractivity contribution is 5.66. The molecule has 0 aromatic heterocycles. The maximum absolute atomic E-state index is 10.1. The van der Waals surface area contributed by atoms with Gasteiger partial charge in [-0.3, -0.25) is 4.79 Å². The van der Waals surface area contributed by atoms with Gasteiger partial charge in [-0.25, -0.2) is 0 Å². The third-order valence-electron chi connectivity index (χ3n) is 1.28. The summed E-state index contributed by atoms with van der Waals surface area (Å²) < 4.78 is 0. The highest BCUT2D eigenvalue weighted by atomic mass is 16.4. The highest BCUT2D eigenvalue weighted by Crippen LogP contribution is 2.00. The van der Waals surface area contributed by atoms with Crippen LogP contribution in [0.4, 0.5) is 0 Å². The number of aliphatic carboxylic acids is 1. The van der Waals surface area contributed by atoms with Crippen molar-refractivity contribution in [1.82, 2.24) is 0 Å². The van der Waals surface area contributed by atoms with Gasteiger partial charge >= 0.3 is 5.97 Å². The first-order chi connectivity index (χ1) is 5.27. The average molecular weight is 190 g/mol. The number of carboxylic acid groups (broad SMARTS) is 1. The van der Waals surface area contributed by atoms with Crippen molar-refractivity contribution in [1.29, 1.82) is 0 Å². The number of carbonyl (C=O) groups is 1. The van der Waals surface area contributed by atoms with Crippen molar-refractivity contribution in [2.24, 2.45) is 0 Å². The highest BCUT2D eigenvalue weighted by Gasteiger charge is 1.93. The van der Waals surface area contributed by atoms with Gasteiger partial charge in [0.2, 0.25) is 0 Å². The van der Waals surface area contributed by atoms with Crippen LogP contribution in [0.2, 0.25) is 0 Å². The first-order valence-corrected chi connectivity index (χ1v) is 3.76. The Hall–Kier alpha value is -1.13. The lowest BCUT2D eigenvalue weighted by atomic mass is 10.2. The molecule has 0 aliphatic carbocycles. The van der Waals surface area contributed by atoms with Gasteiger partial charge in [-0.05, 0) is 19.3 Å². The first-order valence-electron chi connectivity index (χ1n) is 3.76. The molecular formula is C9H18O4. The maximum Gasteiger partial charge on any atom is 0.303 e. The zero-order valence-electron chi connectivity index (χ0n) is 7.62. The summed E-state index contributed by atoms with van der Waals surface area (Å²) in [6, 6.07) is 0. The van der Waals surface area contributed by atoms with E-state index in [1.54, 1.807) is 6.08 Å². The third kappa shape index (κ3) is 18.1. The Kier molecular flexibility index (Phi) is 18.5. The van der Waals surface area contributed by atoms with Gasteiger partial charge in [-0.15, -0.1) is 0 Å². The van der Waals surface area contributed by atoms with Crippen LogP contribution in [0.1, 0.15) is 25.7 Å². The Morgan fingerprint density at radius 3 is 2.38 bits per heavy atom. The Balaban J connectivity index is -0.000000500. The smallest absolute Gasteiger partial charge is 0.303 e. The second-order valence-corrected chi connectivity index (χ2v) is 2.30. The minimum Gasteiger partial charge on any atom is -0.481 e. The molecule has 4 heteroatoms. The Morgan fingerprint density at radius 1 is 1.31 bits per heavy atom. The summed E-state index contributed by atoms with van der Waals surface area (Å²) in [7, 11) is 0. The molecule has 0 unspecified atom stereocenters. The molecule has 0 radical (unpaired) electrons. The summed E-state index contributed by atoms with van der Waals surface area (Å²) in [6.07, 6.45) is 8.52. The molecule has 0 aromatic rings. The molecule has 0 rings (SSSR count). The van der Waals surface area contributed by atoms with Gasteiger partial charge < -0.3 is 16.1 Å². The van der Waals surface area contributed by atoms with Gasteiger partial charge in [0, 0.05) is 6.42 Å². The monoisotopic (exact) mass is 190 g/mol. The van der Waals surface area contributed by atoms with Gasteiger partial charge in [0.25, 0.3) is 0 Å². The van der Waals surface area contributed by atoms with Gasteiger partial charge in [-0.1, -0.05) is 24.8 Å². The van der Waals surface area contributed by atoms with E-state index < -0.39 is 5.97 Å². The predicted molar refractivity (Wildman–Crippen MR) is 52.7 cm³/mol. The minimum absolute atomic E-state index is 0. The van der Waals surface area contributed by atoms with Crippen molar-refractivity contribution in [2.75, 3.05) is 0 Å². The van der Waals surface area contributed by atoms with Crippen LogP contribution in [0.5, 0.6) is 0 Å². The number of hydrogen-bond acceptors (Lipinski definition) is 1. The zero-order valence-corrected chi connectivity index (χ0v) is 7.62. The van der Waals surface area contributed by atoms with Crippen LogP contribution in [0, 0.1) is 0 Å². The molecular weight excluding hydrogens is 172 g/mol. The van der Waals surface area contributed by atoms with E-state index in [1.807, 2.05) is 12.2 Å². The van der Waals surface area contributed by atoms with Crippen molar-refractivity contribution in [3.63, 3.8) is 0 Å². The Bertz CT molecular complexity index is 152. The molecule has 5 N–H and O–H groups in total. The van der Waals surface area contributed by atoms with Gasteiger partial charge in [0.1, 0.15) is 0 Å². The number of hydrogen-bond donors (Lipinski definition) is 1. The first kappa shape index (κ1) is 17.8. The largest absolute Gasteiger partial charge is 0.481 e. The van der Waals surface area contributed by atoms with Crippen molar-refractivity contribution in [3.05, 3.63) is 24.8 Å². The van der Waals surface area contributed by atoms with E-state index in [1.165, 1.54) is 0 Å². The molecule has 0 heterocycles. The van der Waals surface area contributed by atoms with Crippen molar-refractivity contribution in [2.45, 2.75) is 25.7 Å². The molecule has 0 spiro atoms. The van der Waals surface area contributed by atoms with E-state index in [9.17, 15) is 4.79 Å². The third-order valence-corrected chi connectivity index (χ3v) is 1.28. The number of unbranched alkanes of at least 4 members (excludes halogenated alkanes) is 2. The summed E-state index contributed by atoms with van der Waals surface area (Å²) in [5, 5.41) is 8.28. The average Bonchev–Trinajstić information content (AvgIpc) is 1.96. The second kappa shape index (κ2) is 13.5. The Labute approximate surface area is 78.2 Å². The van der Waals surface area contributed by atoms with Crippen LogP contribution < -0.4 is 0 Å². The number of rotatable bonds is 6. The molecule has 0 bridgehead atoms. The summed E-state index contributed by atoms with van der Waals surface area (Å²) in [5.74, 6) is -0.710. The quantitative estimate of drug-likeness (QED) is 0.493. The van der Waals surface area contributed by atoms with Crippen molar-refractivity contribution in [3.8, 4) is 0 Å². The van der Waals surface area contributed by atoms with Crippen LogP contribution in [0.15, 0.2) is 24.8 Å². The SMILES string of the molecule is C=CC=CCCCCC(=O)O.O.O. The molecule has 0 fully saturated rings. The van der Waals surface area contributed by atoms with Crippen LogP contribution in [-0.2, 0) is 4.79 Å². The molecule has 0 aromatic carbocycles. The topological polar surface area (TPSA) is 100 Å². The number of allylic oxidation sites excluding steroid dienone is 3. The van der Waals surface area contributed by atoms with Crippen LogP contribution in [0.25, 0.3) is 0 Å². The van der Waals surface area contributed by atoms with E-state index in [4.69, 9.17) is 5.11 Å². The minimum atomic E-state index is -0.710. The fraction of sp³-hybridized carbons (Fsp3) is 0.444. The lowest BCUT2D eigenvalue weighted by Gasteiger charge is -1.91. The summed E-state index contributed by atoms with van der Waals surface area (Å²) >= 11 is 0.